The van der Waals surface area contributed by atoms with Crippen LogP contribution in [0.25, 0.3) is 0 Å². The molecule has 0 aromatic heterocycles. The van der Waals surface area contributed by atoms with E-state index in [0.29, 0.717) is 6.04 Å². The minimum atomic E-state index is 0.184. The molecule has 2 rings (SSSR count). The summed E-state index contributed by atoms with van der Waals surface area (Å²) in [7, 11) is 0. The SMILES string of the molecule is CCCN(C(=O)c1ccccc1C)C1CCNC1. The lowest BCUT2D eigenvalue weighted by atomic mass is 10.1. The van der Waals surface area contributed by atoms with Crippen molar-refractivity contribution in [1.82, 2.24) is 10.2 Å². The van der Waals surface area contributed by atoms with Gasteiger partial charge in [-0.25, -0.2) is 0 Å². The predicted octanol–water partition coefficient (Wildman–Crippen LogP) is 2.21. The van der Waals surface area contributed by atoms with Gasteiger partial charge in [0.15, 0.2) is 0 Å². The average Bonchev–Trinajstić information content (AvgIpc) is 2.89. The molecule has 3 heteroatoms. The van der Waals surface area contributed by atoms with Gasteiger partial charge in [-0.2, -0.15) is 0 Å². The van der Waals surface area contributed by atoms with Gasteiger partial charge in [0.25, 0.3) is 5.91 Å². The van der Waals surface area contributed by atoms with E-state index >= 15 is 0 Å². The molecule has 0 radical (unpaired) electrons. The van der Waals surface area contributed by atoms with Crippen LogP contribution < -0.4 is 5.32 Å². The molecule has 1 unspecified atom stereocenters. The first-order chi connectivity index (χ1) is 8.74. The van der Waals surface area contributed by atoms with E-state index in [2.05, 4.69) is 12.2 Å². The lowest BCUT2D eigenvalue weighted by Gasteiger charge is -2.28. The van der Waals surface area contributed by atoms with E-state index < -0.39 is 0 Å². The number of hydrogen-bond donors (Lipinski definition) is 1. The number of amides is 1. The van der Waals surface area contributed by atoms with E-state index in [1.807, 2.05) is 36.1 Å². The highest BCUT2D eigenvalue weighted by atomic mass is 16.2. The number of carbonyl (C=O) groups excluding carboxylic acids is 1. The van der Waals surface area contributed by atoms with E-state index in [4.69, 9.17) is 0 Å². The van der Waals surface area contributed by atoms with Crippen molar-refractivity contribution in [3.05, 3.63) is 35.4 Å². The van der Waals surface area contributed by atoms with E-state index in [-0.39, 0.29) is 5.91 Å². The van der Waals surface area contributed by atoms with Gasteiger partial charge >= 0.3 is 0 Å². The number of carbonyl (C=O) groups is 1. The fourth-order valence-corrected chi connectivity index (χ4v) is 2.56. The van der Waals surface area contributed by atoms with Crippen molar-refractivity contribution in [2.75, 3.05) is 19.6 Å². The molecule has 1 aromatic carbocycles. The number of rotatable bonds is 4. The van der Waals surface area contributed by atoms with Gasteiger partial charge in [-0.1, -0.05) is 25.1 Å². The Bertz CT molecular complexity index is 411. The first-order valence-electron chi connectivity index (χ1n) is 6.81. The number of nitrogens with one attached hydrogen (secondary N) is 1. The standard InChI is InChI=1S/C15H22N2O/c1-3-10-17(13-8-9-16-11-13)15(18)14-7-5-4-6-12(14)2/h4-7,13,16H,3,8-11H2,1-2H3. The van der Waals surface area contributed by atoms with Crippen molar-refractivity contribution in [3.8, 4) is 0 Å². The van der Waals surface area contributed by atoms with Crippen LogP contribution in [0.4, 0.5) is 0 Å². The molecule has 0 bridgehead atoms. The third-order valence-corrected chi connectivity index (χ3v) is 3.58. The van der Waals surface area contributed by atoms with Crippen LogP contribution in [-0.2, 0) is 0 Å². The lowest BCUT2D eigenvalue weighted by molar-refractivity contribution is 0.0691. The van der Waals surface area contributed by atoms with Crippen LogP contribution in [0.5, 0.6) is 0 Å². The summed E-state index contributed by atoms with van der Waals surface area (Å²) in [6.07, 6.45) is 2.08. The Balaban J connectivity index is 2.20. The van der Waals surface area contributed by atoms with Gasteiger partial charge < -0.3 is 10.2 Å². The second-order valence-corrected chi connectivity index (χ2v) is 4.96. The van der Waals surface area contributed by atoms with E-state index in [0.717, 1.165) is 43.6 Å². The fraction of sp³-hybridized carbons (Fsp3) is 0.533. The molecule has 1 saturated heterocycles. The number of hydrogen-bond acceptors (Lipinski definition) is 2. The molecular weight excluding hydrogens is 224 g/mol. The monoisotopic (exact) mass is 246 g/mol. The van der Waals surface area contributed by atoms with Gasteiger partial charge in [-0.15, -0.1) is 0 Å². The molecule has 1 atom stereocenters. The molecule has 1 fully saturated rings. The molecule has 1 aliphatic heterocycles. The topological polar surface area (TPSA) is 32.3 Å². The quantitative estimate of drug-likeness (QED) is 0.883. The third kappa shape index (κ3) is 2.72. The second-order valence-electron chi connectivity index (χ2n) is 4.96. The summed E-state index contributed by atoms with van der Waals surface area (Å²) in [6.45, 7) is 6.92. The molecule has 0 saturated carbocycles. The summed E-state index contributed by atoms with van der Waals surface area (Å²) < 4.78 is 0. The Morgan fingerprint density at radius 1 is 1.44 bits per heavy atom. The zero-order valence-electron chi connectivity index (χ0n) is 11.3. The van der Waals surface area contributed by atoms with Crippen LogP contribution in [0.1, 0.15) is 35.7 Å². The van der Waals surface area contributed by atoms with Crippen LogP contribution >= 0.6 is 0 Å². The highest BCUT2D eigenvalue weighted by Crippen LogP contribution is 2.16. The summed E-state index contributed by atoms with van der Waals surface area (Å²) in [5.41, 5.74) is 1.91. The molecule has 1 heterocycles. The second kappa shape index (κ2) is 6.01. The van der Waals surface area contributed by atoms with Crippen LogP contribution in [0, 0.1) is 6.92 Å². The van der Waals surface area contributed by atoms with E-state index in [1.165, 1.54) is 0 Å². The van der Waals surface area contributed by atoms with Crippen molar-refractivity contribution in [3.63, 3.8) is 0 Å². The molecule has 1 aliphatic rings. The summed E-state index contributed by atoms with van der Waals surface area (Å²) in [4.78, 5) is 14.7. The van der Waals surface area contributed by atoms with Crippen LogP contribution in [0.3, 0.4) is 0 Å². The van der Waals surface area contributed by atoms with Crippen LogP contribution in [0.2, 0.25) is 0 Å². The minimum absolute atomic E-state index is 0.184. The largest absolute Gasteiger partial charge is 0.334 e. The summed E-state index contributed by atoms with van der Waals surface area (Å²) >= 11 is 0. The molecule has 18 heavy (non-hydrogen) atoms. The molecule has 1 amide bonds. The maximum Gasteiger partial charge on any atom is 0.254 e. The first-order valence-corrected chi connectivity index (χ1v) is 6.81. The molecule has 0 spiro atoms. The van der Waals surface area contributed by atoms with Crippen molar-refractivity contribution >= 4 is 5.91 Å². The fourth-order valence-electron chi connectivity index (χ4n) is 2.56. The number of nitrogens with zero attached hydrogens (tertiary/aromatic N) is 1. The highest BCUT2D eigenvalue weighted by Gasteiger charge is 2.27. The Hall–Kier alpha value is -1.35. The lowest BCUT2D eigenvalue weighted by Crippen LogP contribution is -2.42. The molecular formula is C15H22N2O. The van der Waals surface area contributed by atoms with E-state index in [9.17, 15) is 4.79 Å². The molecule has 0 aliphatic carbocycles. The van der Waals surface area contributed by atoms with Gasteiger partial charge in [-0.3, -0.25) is 4.79 Å². The average molecular weight is 246 g/mol. The van der Waals surface area contributed by atoms with Gasteiger partial charge in [0.1, 0.15) is 0 Å². The minimum Gasteiger partial charge on any atom is -0.334 e. The van der Waals surface area contributed by atoms with Gasteiger partial charge in [0.2, 0.25) is 0 Å². The smallest absolute Gasteiger partial charge is 0.254 e. The van der Waals surface area contributed by atoms with Crippen LogP contribution in [0.15, 0.2) is 24.3 Å². The highest BCUT2D eigenvalue weighted by molar-refractivity contribution is 5.95. The Kier molecular flexibility index (Phi) is 4.37. The zero-order chi connectivity index (χ0) is 13.0. The first kappa shape index (κ1) is 13.1. The van der Waals surface area contributed by atoms with Crippen molar-refractivity contribution in [2.45, 2.75) is 32.7 Å². The molecule has 3 nitrogen and oxygen atoms in total. The number of benzene rings is 1. The summed E-state index contributed by atoms with van der Waals surface area (Å²) in [5, 5.41) is 3.34. The Morgan fingerprint density at radius 2 is 2.22 bits per heavy atom. The molecule has 98 valence electrons. The van der Waals surface area contributed by atoms with Gasteiger partial charge in [-0.05, 0) is 37.9 Å². The molecule has 1 aromatic rings. The van der Waals surface area contributed by atoms with Crippen molar-refractivity contribution < 1.29 is 4.79 Å². The van der Waals surface area contributed by atoms with Gasteiger partial charge in [0, 0.05) is 24.7 Å². The van der Waals surface area contributed by atoms with E-state index in [1.54, 1.807) is 0 Å². The molecule has 1 N–H and O–H groups in total. The normalized spacial score (nSPS) is 18.9. The Labute approximate surface area is 109 Å². The predicted molar refractivity (Wildman–Crippen MR) is 73.8 cm³/mol. The van der Waals surface area contributed by atoms with Crippen molar-refractivity contribution in [1.29, 1.82) is 0 Å². The summed E-state index contributed by atoms with van der Waals surface area (Å²) in [5.74, 6) is 0.184. The van der Waals surface area contributed by atoms with Crippen molar-refractivity contribution in [2.24, 2.45) is 0 Å². The number of aryl methyl sites for hydroxylation is 1. The summed E-state index contributed by atoms with van der Waals surface area (Å²) in [6, 6.07) is 8.22. The maximum atomic E-state index is 12.6. The zero-order valence-corrected chi connectivity index (χ0v) is 11.3. The van der Waals surface area contributed by atoms with Gasteiger partial charge in [0.05, 0.1) is 0 Å². The van der Waals surface area contributed by atoms with Crippen LogP contribution in [-0.4, -0.2) is 36.5 Å². The Morgan fingerprint density at radius 3 is 2.83 bits per heavy atom. The maximum absolute atomic E-state index is 12.6. The third-order valence-electron chi connectivity index (χ3n) is 3.58.